The molecule has 0 aliphatic heterocycles. The van der Waals surface area contributed by atoms with Crippen LogP contribution in [0, 0.1) is 5.92 Å². The number of carbonyl (C=O) groups excluding carboxylic acids is 1. The molecule has 0 amide bonds. The van der Waals surface area contributed by atoms with Crippen molar-refractivity contribution in [2.45, 2.75) is 64.7 Å². The van der Waals surface area contributed by atoms with Crippen LogP contribution in [0.1, 0.15) is 64.7 Å². The van der Waals surface area contributed by atoms with Gasteiger partial charge in [0.05, 0.1) is 13.7 Å². The van der Waals surface area contributed by atoms with Crippen molar-refractivity contribution >= 4 is 17.9 Å². The normalized spacial score (nSPS) is 17.5. The van der Waals surface area contributed by atoms with Crippen LogP contribution in [-0.4, -0.2) is 25.6 Å². The van der Waals surface area contributed by atoms with Crippen LogP contribution in [0.5, 0.6) is 0 Å². The quantitative estimate of drug-likeness (QED) is 0.244. The molecule has 0 spiro atoms. The summed E-state index contributed by atoms with van der Waals surface area (Å²) in [7, 11) is 1.34. The van der Waals surface area contributed by atoms with Gasteiger partial charge in [0, 0.05) is 5.92 Å². The third kappa shape index (κ3) is 9.75. The second-order valence-electron chi connectivity index (χ2n) is 5.93. The Morgan fingerprint density at radius 3 is 2.96 bits per heavy atom. The Balaban J connectivity index is 2.08. The highest BCUT2D eigenvalue weighted by Gasteiger charge is 2.16. The van der Waals surface area contributed by atoms with Gasteiger partial charge in [-0.1, -0.05) is 44.4 Å². The zero-order chi connectivity index (χ0) is 16.8. The molecule has 23 heavy (non-hydrogen) atoms. The minimum Gasteiger partial charge on any atom is -0.438 e. The minimum absolute atomic E-state index is 0.452. The molecule has 1 aliphatic carbocycles. The lowest BCUT2D eigenvalue weighted by Crippen LogP contribution is -2.05. The average molecular weight is 341 g/mol. The first-order chi connectivity index (χ1) is 11.3. The first-order valence-electron chi connectivity index (χ1n) is 8.98. The molecule has 0 fully saturated rings. The summed E-state index contributed by atoms with van der Waals surface area (Å²) in [5, 5.41) is 0. The van der Waals surface area contributed by atoms with Gasteiger partial charge in [-0.15, -0.1) is 11.8 Å². The van der Waals surface area contributed by atoms with Crippen LogP contribution in [0.2, 0.25) is 0 Å². The summed E-state index contributed by atoms with van der Waals surface area (Å²) >= 11 is 1.97. The summed E-state index contributed by atoms with van der Waals surface area (Å²) in [6.07, 6.45) is 17.6. The first kappa shape index (κ1) is 20.1. The molecule has 1 atom stereocenters. The van der Waals surface area contributed by atoms with Gasteiger partial charge in [-0.05, 0) is 49.2 Å². The summed E-state index contributed by atoms with van der Waals surface area (Å²) in [5.41, 5.74) is 0. The minimum atomic E-state index is -0.583. The smallest absolute Gasteiger partial charge is 0.438 e. The number of carbonyl (C=O) groups is 1. The molecule has 0 bridgehead atoms. The van der Waals surface area contributed by atoms with E-state index in [0.717, 1.165) is 18.6 Å². The van der Waals surface area contributed by atoms with Crippen molar-refractivity contribution < 1.29 is 14.3 Å². The van der Waals surface area contributed by atoms with E-state index in [2.05, 4.69) is 29.9 Å². The Bertz CT molecular complexity index is 377. The van der Waals surface area contributed by atoms with Crippen molar-refractivity contribution in [2.24, 2.45) is 5.92 Å². The lowest BCUT2D eigenvalue weighted by Gasteiger charge is -2.10. The van der Waals surface area contributed by atoms with Crippen LogP contribution in [-0.2, 0) is 9.47 Å². The zero-order valence-electron chi connectivity index (χ0n) is 14.7. The Morgan fingerprint density at radius 1 is 1.30 bits per heavy atom. The molecule has 0 heterocycles. The Hall–Kier alpha value is -0.900. The van der Waals surface area contributed by atoms with E-state index in [1.165, 1.54) is 57.0 Å². The van der Waals surface area contributed by atoms with E-state index in [0.29, 0.717) is 12.5 Å². The SMILES string of the molecule is CCCCCCC=C[C@H]1CCC=C1SCCCCOC(=O)OC. The lowest BCUT2D eigenvalue weighted by molar-refractivity contribution is 0.0718. The molecule has 0 aromatic rings. The third-order valence-electron chi connectivity index (χ3n) is 3.98. The molecule has 0 aromatic carbocycles. The van der Waals surface area contributed by atoms with E-state index in [9.17, 15) is 4.79 Å². The van der Waals surface area contributed by atoms with Gasteiger partial charge in [-0.3, -0.25) is 0 Å². The van der Waals surface area contributed by atoms with E-state index in [1.807, 2.05) is 11.8 Å². The zero-order valence-corrected chi connectivity index (χ0v) is 15.5. The summed E-state index contributed by atoms with van der Waals surface area (Å²) in [5.74, 6) is 1.73. The Labute approximate surface area is 145 Å². The second kappa shape index (κ2) is 13.5. The summed E-state index contributed by atoms with van der Waals surface area (Å²) < 4.78 is 9.32. The van der Waals surface area contributed by atoms with E-state index in [4.69, 9.17) is 4.74 Å². The van der Waals surface area contributed by atoms with Gasteiger partial charge in [0.25, 0.3) is 0 Å². The number of unbranched alkanes of at least 4 members (excludes halogenated alkanes) is 5. The third-order valence-corrected chi connectivity index (χ3v) is 5.27. The van der Waals surface area contributed by atoms with Gasteiger partial charge >= 0.3 is 6.16 Å². The largest absolute Gasteiger partial charge is 0.507 e. The Morgan fingerprint density at radius 2 is 2.17 bits per heavy atom. The van der Waals surface area contributed by atoms with Crippen LogP contribution in [0.25, 0.3) is 0 Å². The monoisotopic (exact) mass is 340 g/mol. The van der Waals surface area contributed by atoms with Gasteiger partial charge < -0.3 is 9.47 Å². The molecule has 3 nitrogen and oxygen atoms in total. The molecule has 0 N–H and O–H groups in total. The summed E-state index contributed by atoms with van der Waals surface area (Å²) in [6, 6.07) is 0. The Kier molecular flexibility index (Phi) is 11.9. The average Bonchev–Trinajstić information content (AvgIpc) is 3.01. The van der Waals surface area contributed by atoms with Crippen molar-refractivity contribution in [3.63, 3.8) is 0 Å². The van der Waals surface area contributed by atoms with Crippen molar-refractivity contribution in [3.8, 4) is 0 Å². The second-order valence-corrected chi connectivity index (χ2v) is 7.09. The number of rotatable bonds is 12. The molecule has 0 saturated carbocycles. The van der Waals surface area contributed by atoms with Crippen LogP contribution >= 0.6 is 11.8 Å². The van der Waals surface area contributed by atoms with E-state index in [-0.39, 0.29) is 0 Å². The predicted octanol–water partition coefficient (Wildman–Crippen LogP) is 6.10. The van der Waals surface area contributed by atoms with Crippen molar-refractivity contribution in [3.05, 3.63) is 23.1 Å². The predicted molar refractivity (Wildman–Crippen MR) is 98.8 cm³/mol. The fourth-order valence-electron chi connectivity index (χ4n) is 2.61. The highest BCUT2D eigenvalue weighted by atomic mass is 32.2. The lowest BCUT2D eigenvalue weighted by atomic mass is 10.1. The number of hydrogen-bond acceptors (Lipinski definition) is 4. The number of thioether (sulfide) groups is 1. The van der Waals surface area contributed by atoms with Gasteiger partial charge in [-0.2, -0.15) is 0 Å². The van der Waals surface area contributed by atoms with Gasteiger partial charge in [0.15, 0.2) is 0 Å². The molecule has 1 aliphatic rings. The number of methoxy groups -OCH3 is 1. The van der Waals surface area contributed by atoms with Crippen molar-refractivity contribution in [2.75, 3.05) is 19.5 Å². The van der Waals surface area contributed by atoms with Crippen LogP contribution in [0.15, 0.2) is 23.1 Å². The standard InChI is InChI=1S/C19H32O3S/c1-3-4-5-6-7-8-12-17-13-11-14-18(17)23-16-10-9-15-22-19(20)21-2/h8,12,14,17H,3-7,9-11,13,15-16H2,1-2H3/t17-/m0/s1. The molecule has 1 rings (SSSR count). The molecular formula is C19H32O3S. The molecular weight excluding hydrogens is 308 g/mol. The van der Waals surface area contributed by atoms with Gasteiger partial charge in [-0.25, -0.2) is 4.79 Å². The molecule has 0 aromatic heterocycles. The molecule has 0 saturated heterocycles. The summed E-state index contributed by atoms with van der Waals surface area (Å²) in [4.78, 5) is 12.3. The molecule has 0 radical (unpaired) electrons. The van der Waals surface area contributed by atoms with E-state index >= 15 is 0 Å². The van der Waals surface area contributed by atoms with Crippen LogP contribution < -0.4 is 0 Å². The number of ether oxygens (including phenoxy) is 2. The highest BCUT2D eigenvalue weighted by molar-refractivity contribution is 8.03. The maximum Gasteiger partial charge on any atom is 0.507 e. The van der Waals surface area contributed by atoms with Gasteiger partial charge in [0.2, 0.25) is 0 Å². The van der Waals surface area contributed by atoms with Gasteiger partial charge in [0.1, 0.15) is 0 Å². The maximum atomic E-state index is 10.8. The van der Waals surface area contributed by atoms with Crippen molar-refractivity contribution in [1.29, 1.82) is 0 Å². The van der Waals surface area contributed by atoms with Crippen LogP contribution in [0.4, 0.5) is 4.79 Å². The van der Waals surface area contributed by atoms with E-state index in [1.54, 1.807) is 0 Å². The fourth-order valence-corrected chi connectivity index (χ4v) is 3.84. The maximum absolute atomic E-state index is 10.8. The van der Waals surface area contributed by atoms with Crippen LogP contribution in [0.3, 0.4) is 0 Å². The number of hydrogen-bond donors (Lipinski definition) is 0. The summed E-state index contributed by atoms with van der Waals surface area (Å²) in [6.45, 7) is 2.71. The van der Waals surface area contributed by atoms with Crippen molar-refractivity contribution in [1.82, 2.24) is 0 Å². The number of allylic oxidation sites excluding steroid dienone is 4. The molecule has 0 unspecified atom stereocenters. The van der Waals surface area contributed by atoms with E-state index < -0.39 is 6.16 Å². The molecule has 132 valence electrons. The first-order valence-corrected chi connectivity index (χ1v) is 9.96. The fraction of sp³-hybridized carbons (Fsp3) is 0.737. The topological polar surface area (TPSA) is 35.5 Å². The molecule has 4 heteroatoms. The highest BCUT2D eigenvalue weighted by Crippen LogP contribution is 2.35.